The first-order valence-corrected chi connectivity index (χ1v) is 9.59. The van der Waals surface area contributed by atoms with Crippen LogP contribution in [0, 0.1) is 6.92 Å². The summed E-state index contributed by atoms with van der Waals surface area (Å²) < 4.78 is 27.0. The van der Waals surface area contributed by atoms with E-state index in [4.69, 9.17) is 0 Å². The Bertz CT molecular complexity index is 846. The van der Waals surface area contributed by atoms with Crippen LogP contribution in [0.4, 0.5) is 0 Å². The fraction of sp³-hybridized carbons (Fsp3) is 0.235. The third-order valence-corrected chi connectivity index (χ3v) is 6.90. The van der Waals surface area contributed by atoms with Crippen LogP contribution in [0.1, 0.15) is 21.5 Å². The zero-order valence-electron chi connectivity index (χ0n) is 12.6. The van der Waals surface area contributed by atoms with Crippen molar-refractivity contribution in [1.82, 2.24) is 4.31 Å². The number of aryl methyl sites for hydroxylation is 1. The van der Waals surface area contributed by atoms with Gasteiger partial charge in [0, 0.05) is 5.56 Å². The fourth-order valence-electron chi connectivity index (χ4n) is 2.66. The predicted octanol–water partition coefficient (Wildman–Crippen LogP) is 3.15. The highest BCUT2D eigenvalue weighted by Gasteiger charge is 2.35. The van der Waals surface area contributed by atoms with Gasteiger partial charge >= 0.3 is 0 Å². The average Bonchev–Trinajstić information content (AvgIpc) is 2.65. The second-order valence-corrected chi connectivity index (χ2v) is 8.53. The lowest BCUT2D eigenvalue weighted by Gasteiger charge is -2.24. The second kappa shape index (κ2) is 6.19. The molecule has 2 aromatic rings. The molecular formula is C17H16BrNO3S. The summed E-state index contributed by atoms with van der Waals surface area (Å²) in [7, 11) is -3.74. The summed E-state index contributed by atoms with van der Waals surface area (Å²) in [4.78, 5) is 12.2. The molecule has 0 fully saturated rings. The highest BCUT2D eigenvalue weighted by Crippen LogP contribution is 2.28. The molecule has 6 heteroatoms. The van der Waals surface area contributed by atoms with Crippen LogP contribution in [-0.2, 0) is 16.4 Å². The fourth-order valence-corrected chi connectivity index (χ4v) is 5.23. The van der Waals surface area contributed by atoms with Gasteiger partial charge in [-0.3, -0.25) is 4.79 Å². The van der Waals surface area contributed by atoms with Gasteiger partial charge in [-0.25, -0.2) is 8.42 Å². The normalized spacial score (nSPS) is 19.2. The van der Waals surface area contributed by atoms with E-state index >= 15 is 0 Å². The van der Waals surface area contributed by atoms with Crippen LogP contribution in [0.5, 0.6) is 0 Å². The van der Waals surface area contributed by atoms with Crippen molar-refractivity contribution >= 4 is 31.7 Å². The minimum Gasteiger partial charge on any atom is -0.293 e. The summed E-state index contributed by atoms with van der Waals surface area (Å²) in [5, 5.41) is 0. The maximum absolute atomic E-state index is 12.9. The van der Waals surface area contributed by atoms with E-state index in [1.54, 1.807) is 36.4 Å². The molecule has 0 saturated heterocycles. The average molecular weight is 394 g/mol. The molecule has 1 atom stereocenters. The Kier molecular flexibility index (Phi) is 4.40. The van der Waals surface area contributed by atoms with Crippen LogP contribution in [0.2, 0.25) is 0 Å². The van der Waals surface area contributed by atoms with E-state index in [1.165, 1.54) is 4.31 Å². The van der Waals surface area contributed by atoms with E-state index in [2.05, 4.69) is 15.9 Å². The summed E-state index contributed by atoms with van der Waals surface area (Å²) in [6.45, 7) is 1.74. The first kappa shape index (κ1) is 16.4. The van der Waals surface area contributed by atoms with Gasteiger partial charge < -0.3 is 0 Å². The van der Waals surface area contributed by atoms with E-state index in [-0.39, 0.29) is 17.2 Å². The molecule has 1 aliphatic heterocycles. The van der Waals surface area contributed by atoms with Gasteiger partial charge in [0.1, 0.15) is 0 Å². The van der Waals surface area contributed by atoms with E-state index in [9.17, 15) is 13.2 Å². The molecule has 3 rings (SSSR count). The quantitative estimate of drug-likeness (QED) is 0.581. The number of alkyl halides is 1. The van der Waals surface area contributed by atoms with E-state index in [0.717, 1.165) is 11.1 Å². The molecule has 0 radical (unpaired) electrons. The monoisotopic (exact) mass is 393 g/mol. The minimum absolute atomic E-state index is 0.164. The van der Waals surface area contributed by atoms with Gasteiger partial charge in [0.15, 0.2) is 5.78 Å². The zero-order chi connectivity index (χ0) is 16.6. The Morgan fingerprint density at radius 1 is 1.09 bits per heavy atom. The third kappa shape index (κ3) is 3.11. The summed E-state index contributed by atoms with van der Waals surface area (Å²) in [6.07, 6.45) is 0.451. The highest BCUT2D eigenvalue weighted by atomic mass is 79.9. The second-order valence-electron chi connectivity index (χ2n) is 5.58. The smallest absolute Gasteiger partial charge is 0.244 e. The van der Waals surface area contributed by atoms with Crippen molar-refractivity contribution in [2.24, 2.45) is 0 Å². The largest absolute Gasteiger partial charge is 0.293 e. The molecule has 0 spiro atoms. The van der Waals surface area contributed by atoms with E-state index < -0.39 is 15.0 Å². The SMILES string of the molecule is Cc1ccc(S(=O)(=O)N2CC(=O)c3ccccc3CC2Br)cc1. The molecule has 1 unspecified atom stereocenters. The molecule has 0 amide bonds. The summed E-state index contributed by atoms with van der Waals surface area (Å²) in [6, 6.07) is 13.9. The number of Topliss-reactive ketones (excluding diaryl/α,β-unsaturated/α-hetero) is 1. The Labute approximate surface area is 144 Å². The maximum Gasteiger partial charge on any atom is 0.244 e. The van der Waals surface area contributed by atoms with E-state index in [1.807, 2.05) is 19.1 Å². The van der Waals surface area contributed by atoms with Crippen LogP contribution in [0.3, 0.4) is 0 Å². The molecule has 0 saturated carbocycles. The molecule has 2 aromatic carbocycles. The van der Waals surface area contributed by atoms with Crippen molar-refractivity contribution < 1.29 is 13.2 Å². The summed E-state index contributed by atoms with van der Waals surface area (Å²) in [5.41, 5.74) is 2.44. The maximum atomic E-state index is 12.9. The lowest BCUT2D eigenvalue weighted by Crippen LogP contribution is -2.39. The van der Waals surface area contributed by atoms with Crippen molar-refractivity contribution in [3.05, 3.63) is 65.2 Å². The number of sulfonamides is 1. The number of carbonyl (C=O) groups excluding carboxylic acids is 1. The van der Waals surface area contributed by atoms with Crippen molar-refractivity contribution in [1.29, 1.82) is 0 Å². The van der Waals surface area contributed by atoms with Gasteiger partial charge in [0.25, 0.3) is 0 Å². The van der Waals surface area contributed by atoms with Gasteiger partial charge in [-0.15, -0.1) is 0 Å². The Morgan fingerprint density at radius 3 is 2.43 bits per heavy atom. The van der Waals surface area contributed by atoms with Crippen molar-refractivity contribution in [3.8, 4) is 0 Å². The van der Waals surface area contributed by atoms with Gasteiger partial charge in [0.2, 0.25) is 10.0 Å². The number of carbonyl (C=O) groups is 1. The number of halogens is 1. The zero-order valence-corrected chi connectivity index (χ0v) is 15.0. The number of nitrogens with zero attached hydrogens (tertiary/aromatic N) is 1. The summed E-state index contributed by atoms with van der Waals surface area (Å²) in [5.74, 6) is -0.182. The number of benzene rings is 2. The van der Waals surface area contributed by atoms with Gasteiger partial charge in [-0.05, 0) is 31.0 Å². The number of hydrogen-bond acceptors (Lipinski definition) is 3. The summed E-state index contributed by atoms with van der Waals surface area (Å²) >= 11 is 3.44. The number of ketones is 1. The molecule has 0 N–H and O–H groups in total. The predicted molar refractivity (Wildman–Crippen MR) is 92.3 cm³/mol. The molecule has 120 valence electrons. The molecule has 1 aliphatic rings. The standard InChI is InChI=1S/C17H16BrNO3S/c1-12-6-8-14(9-7-12)23(21,22)19-11-16(20)15-5-3-2-4-13(15)10-17(19)18/h2-9,17H,10-11H2,1H3. The molecule has 23 heavy (non-hydrogen) atoms. The Morgan fingerprint density at radius 2 is 1.74 bits per heavy atom. The first-order valence-electron chi connectivity index (χ1n) is 7.23. The third-order valence-electron chi connectivity index (χ3n) is 3.95. The van der Waals surface area contributed by atoms with E-state index in [0.29, 0.717) is 12.0 Å². The van der Waals surface area contributed by atoms with Crippen molar-refractivity contribution in [2.75, 3.05) is 6.54 Å². The van der Waals surface area contributed by atoms with Crippen molar-refractivity contribution in [2.45, 2.75) is 23.2 Å². The lowest BCUT2D eigenvalue weighted by molar-refractivity contribution is 0.0969. The Hall–Kier alpha value is -1.50. The molecule has 0 bridgehead atoms. The number of hydrogen-bond donors (Lipinski definition) is 0. The van der Waals surface area contributed by atoms with Crippen LogP contribution in [0.25, 0.3) is 0 Å². The molecular weight excluding hydrogens is 378 g/mol. The number of rotatable bonds is 2. The molecule has 0 aliphatic carbocycles. The van der Waals surface area contributed by atoms with Crippen LogP contribution >= 0.6 is 15.9 Å². The van der Waals surface area contributed by atoms with Crippen LogP contribution in [-0.4, -0.2) is 30.0 Å². The van der Waals surface area contributed by atoms with Gasteiger partial charge in [-0.1, -0.05) is 57.9 Å². The first-order chi connectivity index (χ1) is 10.9. The molecule has 1 heterocycles. The lowest BCUT2D eigenvalue weighted by atomic mass is 10.0. The Balaban J connectivity index is 2.00. The van der Waals surface area contributed by atoms with Crippen molar-refractivity contribution in [3.63, 3.8) is 0 Å². The van der Waals surface area contributed by atoms with Gasteiger partial charge in [-0.2, -0.15) is 4.31 Å². The highest BCUT2D eigenvalue weighted by molar-refractivity contribution is 9.09. The molecule has 4 nitrogen and oxygen atoms in total. The van der Waals surface area contributed by atoms with Crippen LogP contribution < -0.4 is 0 Å². The topological polar surface area (TPSA) is 54.5 Å². The van der Waals surface area contributed by atoms with Gasteiger partial charge in [0.05, 0.1) is 16.4 Å². The minimum atomic E-state index is -3.74. The number of fused-ring (bicyclic) bond motifs is 1. The van der Waals surface area contributed by atoms with Crippen LogP contribution in [0.15, 0.2) is 53.4 Å². The molecule has 0 aromatic heterocycles.